The summed E-state index contributed by atoms with van der Waals surface area (Å²) in [6.07, 6.45) is 0.475. The van der Waals surface area contributed by atoms with Gasteiger partial charge >= 0.3 is 11.8 Å². The lowest BCUT2D eigenvalue weighted by atomic mass is 9.96. The molecule has 2 aromatic carbocycles. The molecule has 0 aliphatic carbocycles. The number of amides is 2. The third-order valence-corrected chi connectivity index (χ3v) is 3.90. The van der Waals surface area contributed by atoms with Gasteiger partial charge in [-0.25, -0.2) is 4.39 Å². The number of aliphatic hydroxyl groups excluding tert-OH is 1. The molecule has 0 spiro atoms. The molecule has 25 heavy (non-hydrogen) atoms. The van der Waals surface area contributed by atoms with E-state index in [9.17, 15) is 19.1 Å². The first-order valence-electron chi connectivity index (χ1n) is 8.02. The molecule has 0 aliphatic rings. The molecule has 2 amide bonds. The van der Waals surface area contributed by atoms with Crippen LogP contribution >= 0.6 is 0 Å². The highest BCUT2D eigenvalue weighted by atomic mass is 19.1. The Balaban J connectivity index is 1.94. The number of carbonyl (C=O) groups is 2. The van der Waals surface area contributed by atoms with Crippen LogP contribution in [0.25, 0.3) is 0 Å². The highest BCUT2D eigenvalue weighted by Gasteiger charge is 2.18. The number of rotatable bonds is 6. The fraction of sp³-hybridized carbons (Fsp3) is 0.263. The Morgan fingerprint density at radius 1 is 1.12 bits per heavy atom. The van der Waals surface area contributed by atoms with Crippen molar-refractivity contribution in [1.82, 2.24) is 5.32 Å². The van der Waals surface area contributed by atoms with E-state index in [2.05, 4.69) is 10.6 Å². The van der Waals surface area contributed by atoms with Crippen LogP contribution in [-0.4, -0.2) is 30.1 Å². The largest absolute Gasteiger partial charge is 0.396 e. The van der Waals surface area contributed by atoms with Crippen LogP contribution in [0.15, 0.2) is 48.5 Å². The topological polar surface area (TPSA) is 78.4 Å². The molecule has 2 rings (SSSR count). The van der Waals surface area contributed by atoms with E-state index >= 15 is 0 Å². The van der Waals surface area contributed by atoms with E-state index in [0.717, 1.165) is 5.56 Å². The number of carbonyl (C=O) groups excluding carboxylic acids is 2. The number of halogens is 1. The van der Waals surface area contributed by atoms with Crippen molar-refractivity contribution in [3.63, 3.8) is 0 Å². The smallest absolute Gasteiger partial charge is 0.313 e. The number of hydrogen-bond donors (Lipinski definition) is 3. The van der Waals surface area contributed by atoms with E-state index < -0.39 is 17.6 Å². The molecule has 0 aliphatic heterocycles. The zero-order valence-electron chi connectivity index (χ0n) is 14.0. The molecule has 0 saturated carbocycles. The van der Waals surface area contributed by atoms with Crippen LogP contribution in [0.3, 0.4) is 0 Å². The van der Waals surface area contributed by atoms with Crippen molar-refractivity contribution in [2.45, 2.75) is 19.3 Å². The molecule has 5 nitrogen and oxygen atoms in total. The molecule has 0 radical (unpaired) electrons. The number of hydrogen-bond acceptors (Lipinski definition) is 3. The van der Waals surface area contributed by atoms with Crippen molar-refractivity contribution >= 4 is 17.5 Å². The van der Waals surface area contributed by atoms with Crippen LogP contribution in [0.5, 0.6) is 0 Å². The van der Waals surface area contributed by atoms with E-state index in [-0.39, 0.29) is 19.1 Å². The molecule has 0 fully saturated rings. The van der Waals surface area contributed by atoms with E-state index in [1.54, 1.807) is 6.92 Å². The lowest BCUT2D eigenvalue weighted by molar-refractivity contribution is -0.136. The summed E-state index contributed by atoms with van der Waals surface area (Å²) in [7, 11) is 0. The maximum Gasteiger partial charge on any atom is 0.313 e. The molecule has 0 heterocycles. The van der Waals surface area contributed by atoms with Crippen LogP contribution in [0.4, 0.5) is 10.1 Å². The Morgan fingerprint density at radius 3 is 2.48 bits per heavy atom. The van der Waals surface area contributed by atoms with Crippen LogP contribution in [0.2, 0.25) is 0 Å². The van der Waals surface area contributed by atoms with Gasteiger partial charge in [0.05, 0.1) is 0 Å². The fourth-order valence-electron chi connectivity index (χ4n) is 2.51. The quantitative estimate of drug-likeness (QED) is 0.704. The third kappa shape index (κ3) is 5.39. The molecule has 132 valence electrons. The van der Waals surface area contributed by atoms with Crippen molar-refractivity contribution in [1.29, 1.82) is 0 Å². The number of benzene rings is 2. The number of anilines is 1. The Bertz CT molecular complexity index is 735. The van der Waals surface area contributed by atoms with Crippen LogP contribution in [0, 0.1) is 12.7 Å². The second-order valence-electron chi connectivity index (χ2n) is 5.74. The number of aliphatic hydroxyl groups is 1. The second kappa shape index (κ2) is 8.94. The summed E-state index contributed by atoms with van der Waals surface area (Å²) >= 11 is 0. The monoisotopic (exact) mass is 344 g/mol. The van der Waals surface area contributed by atoms with Gasteiger partial charge in [0, 0.05) is 24.8 Å². The first-order chi connectivity index (χ1) is 12.0. The normalized spacial score (nSPS) is 11.6. The van der Waals surface area contributed by atoms with E-state index in [0.29, 0.717) is 17.7 Å². The summed E-state index contributed by atoms with van der Waals surface area (Å²) in [5.41, 5.74) is 1.90. The molecule has 2 aromatic rings. The predicted octanol–water partition coefficient (Wildman–Crippen LogP) is 2.36. The maximum atomic E-state index is 13.1. The average Bonchev–Trinajstić information content (AvgIpc) is 2.61. The Hall–Kier alpha value is -2.73. The zero-order chi connectivity index (χ0) is 18.2. The predicted molar refractivity (Wildman–Crippen MR) is 93.7 cm³/mol. The molecule has 0 bridgehead atoms. The van der Waals surface area contributed by atoms with E-state index in [1.807, 2.05) is 30.3 Å². The van der Waals surface area contributed by atoms with Crippen LogP contribution < -0.4 is 10.6 Å². The van der Waals surface area contributed by atoms with Crippen molar-refractivity contribution in [2.24, 2.45) is 0 Å². The van der Waals surface area contributed by atoms with Gasteiger partial charge in [0.2, 0.25) is 0 Å². The highest BCUT2D eigenvalue weighted by molar-refractivity contribution is 6.39. The van der Waals surface area contributed by atoms with Crippen molar-refractivity contribution in [2.75, 3.05) is 18.5 Å². The highest BCUT2D eigenvalue weighted by Crippen LogP contribution is 2.18. The molecule has 6 heteroatoms. The summed E-state index contributed by atoms with van der Waals surface area (Å²) in [6, 6.07) is 13.4. The van der Waals surface area contributed by atoms with Crippen LogP contribution in [0.1, 0.15) is 23.5 Å². The van der Waals surface area contributed by atoms with E-state index in [1.165, 1.54) is 18.2 Å². The van der Waals surface area contributed by atoms with Gasteiger partial charge < -0.3 is 15.7 Å². The first-order valence-corrected chi connectivity index (χ1v) is 8.02. The lowest BCUT2D eigenvalue weighted by Gasteiger charge is -2.17. The second-order valence-corrected chi connectivity index (χ2v) is 5.74. The molecule has 0 unspecified atom stereocenters. The summed E-state index contributed by atoms with van der Waals surface area (Å²) < 4.78 is 13.1. The van der Waals surface area contributed by atoms with Gasteiger partial charge in [0.25, 0.3) is 0 Å². The summed E-state index contributed by atoms with van der Waals surface area (Å²) in [5, 5.41) is 14.2. The van der Waals surface area contributed by atoms with Gasteiger partial charge in [-0.1, -0.05) is 30.3 Å². The molecule has 3 N–H and O–H groups in total. The molecule has 0 saturated heterocycles. The minimum absolute atomic E-state index is 0.0175. The molecule has 0 aromatic heterocycles. The maximum absolute atomic E-state index is 13.1. The van der Waals surface area contributed by atoms with Gasteiger partial charge in [-0.15, -0.1) is 0 Å². The SMILES string of the molecule is Cc1cc(F)ccc1NC(=O)C(=O)NC[C@H](CCO)c1ccccc1. The zero-order valence-corrected chi connectivity index (χ0v) is 14.0. The summed E-state index contributed by atoms with van der Waals surface area (Å²) in [6.45, 7) is 1.86. The van der Waals surface area contributed by atoms with Gasteiger partial charge in [-0.05, 0) is 42.7 Å². The van der Waals surface area contributed by atoms with Gasteiger partial charge in [-0.3, -0.25) is 9.59 Å². The fourth-order valence-corrected chi connectivity index (χ4v) is 2.51. The molecular weight excluding hydrogens is 323 g/mol. The minimum atomic E-state index is -0.814. The van der Waals surface area contributed by atoms with Gasteiger partial charge in [0.1, 0.15) is 5.82 Å². The van der Waals surface area contributed by atoms with E-state index in [4.69, 9.17) is 0 Å². The lowest BCUT2D eigenvalue weighted by Crippen LogP contribution is -2.38. The Kier molecular flexibility index (Phi) is 6.65. The molecular formula is C19H21FN2O3. The van der Waals surface area contributed by atoms with Gasteiger partial charge in [-0.2, -0.15) is 0 Å². The summed E-state index contributed by atoms with van der Waals surface area (Å²) in [5.74, 6) is -2.08. The molecule has 1 atom stereocenters. The number of aryl methyl sites for hydroxylation is 1. The van der Waals surface area contributed by atoms with Crippen molar-refractivity contribution < 1.29 is 19.1 Å². The number of nitrogens with one attached hydrogen (secondary N) is 2. The van der Waals surface area contributed by atoms with Crippen molar-refractivity contribution in [3.05, 3.63) is 65.5 Å². The standard InChI is InChI=1S/C19H21FN2O3/c1-13-11-16(20)7-8-17(13)22-19(25)18(24)21-12-15(9-10-23)14-5-3-2-4-6-14/h2-8,11,15,23H,9-10,12H2,1H3,(H,21,24)(H,22,25)/t15-/m0/s1. The minimum Gasteiger partial charge on any atom is -0.396 e. The summed E-state index contributed by atoms with van der Waals surface area (Å²) in [4.78, 5) is 24.0. The third-order valence-electron chi connectivity index (χ3n) is 3.90. The Labute approximate surface area is 145 Å². The van der Waals surface area contributed by atoms with Gasteiger partial charge in [0.15, 0.2) is 0 Å². The Morgan fingerprint density at radius 2 is 1.84 bits per heavy atom. The first kappa shape index (κ1) is 18.6. The average molecular weight is 344 g/mol. The van der Waals surface area contributed by atoms with Crippen molar-refractivity contribution in [3.8, 4) is 0 Å². The van der Waals surface area contributed by atoms with Crippen LogP contribution in [-0.2, 0) is 9.59 Å².